The predicted molar refractivity (Wildman–Crippen MR) is 141 cm³/mol. The van der Waals surface area contributed by atoms with Gasteiger partial charge in [-0.15, -0.1) is 0 Å². The zero-order chi connectivity index (χ0) is 26.1. The summed E-state index contributed by atoms with van der Waals surface area (Å²) in [6, 6.07) is 25.9. The first kappa shape index (κ1) is 27.3. The lowest BCUT2D eigenvalue weighted by atomic mass is 9.97. The lowest BCUT2D eigenvalue weighted by Gasteiger charge is -2.24. The van der Waals surface area contributed by atoms with Gasteiger partial charge in [0, 0.05) is 6.16 Å². The fraction of sp³-hybridized carbons (Fsp3) is 0.286. The van der Waals surface area contributed by atoms with Crippen LogP contribution >= 0.6 is 7.37 Å². The highest BCUT2D eigenvalue weighted by Gasteiger charge is 2.33. The topological polar surface area (TPSA) is 119 Å². The minimum absolute atomic E-state index is 0.0909. The Balaban J connectivity index is 1.68. The molecule has 0 saturated carbocycles. The maximum atomic E-state index is 13.1. The van der Waals surface area contributed by atoms with E-state index in [1.165, 1.54) is 13.8 Å². The van der Waals surface area contributed by atoms with Gasteiger partial charge < -0.3 is 20.7 Å². The Bertz CT molecular complexity index is 1180. The molecule has 3 rings (SSSR count). The van der Waals surface area contributed by atoms with Gasteiger partial charge in [-0.25, -0.2) is 4.79 Å². The normalized spacial score (nSPS) is 15.2. The van der Waals surface area contributed by atoms with Crippen molar-refractivity contribution < 1.29 is 23.8 Å². The molecule has 3 aromatic rings. The molecule has 0 bridgehead atoms. The average molecular weight is 509 g/mol. The van der Waals surface area contributed by atoms with Crippen LogP contribution in [0.1, 0.15) is 25.0 Å². The lowest BCUT2D eigenvalue weighted by Crippen LogP contribution is -2.44. The van der Waals surface area contributed by atoms with Crippen LogP contribution in [0.5, 0.6) is 0 Å². The molecule has 1 amide bonds. The van der Waals surface area contributed by atoms with Crippen molar-refractivity contribution >= 4 is 19.2 Å². The van der Waals surface area contributed by atoms with Crippen LogP contribution in [0, 0.1) is 5.92 Å². The second kappa shape index (κ2) is 12.6. The number of ether oxygens (including phenoxy) is 1. The number of rotatable bonds is 11. The quantitative estimate of drug-likeness (QED) is 0.262. The zero-order valence-electron chi connectivity index (χ0n) is 20.5. The third kappa shape index (κ3) is 7.89. The molecular weight excluding hydrogens is 475 g/mol. The summed E-state index contributed by atoms with van der Waals surface area (Å²) in [5, 5.41) is 2.65. The van der Waals surface area contributed by atoms with Gasteiger partial charge in [0.15, 0.2) is 0 Å². The molecular formula is C28H33N2O5P. The molecule has 190 valence electrons. The van der Waals surface area contributed by atoms with E-state index in [0.717, 1.165) is 22.3 Å². The van der Waals surface area contributed by atoms with Gasteiger partial charge in [-0.1, -0.05) is 84.9 Å². The van der Waals surface area contributed by atoms with E-state index < -0.39 is 37.0 Å². The Labute approximate surface area is 212 Å². The van der Waals surface area contributed by atoms with Crippen LogP contribution < -0.4 is 11.1 Å². The first-order valence-electron chi connectivity index (χ1n) is 11.9. The van der Waals surface area contributed by atoms with Crippen LogP contribution in [0.4, 0.5) is 0 Å². The predicted octanol–water partition coefficient (Wildman–Crippen LogP) is 4.34. The summed E-state index contributed by atoms with van der Waals surface area (Å²) in [6.45, 7) is 3.07. The molecule has 0 spiro atoms. The summed E-state index contributed by atoms with van der Waals surface area (Å²) in [5.74, 6) is -2.90. The Morgan fingerprint density at radius 2 is 1.44 bits per heavy atom. The molecule has 4 N–H and O–H groups in total. The monoisotopic (exact) mass is 508 g/mol. The summed E-state index contributed by atoms with van der Waals surface area (Å²) in [4.78, 5) is 36.0. The summed E-state index contributed by atoms with van der Waals surface area (Å²) >= 11 is 0. The molecule has 0 saturated heterocycles. The summed E-state index contributed by atoms with van der Waals surface area (Å²) in [6.07, 6.45) is -0.0628. The van der Waals surface area contributed by atoms with Gasteiger partial charge in [-0.2, -0.15) is 0 Å². The van der Waals surface area contributed by atoms with Crippen molar-refractivity contribution in [3.8, 4) is 11.1 Å². The van der Waals surface area contributed by atoms with E-state index in [2.05, 4.69) is 5.32 Å². The number of hydrogen-bond donors (Lipinski definition) is 3. The van der Waals surface area contributed by atoms with Crippen LogP contribution in [0.25, 0.3) is 11.1 Å². The molecule has 8 heteroatoms. The minimum Gasteiger partial charge on any atom is -0.459 e. The van der Waals surface area contributed by atoms with Crippen molar-refractivity contribution in [2.45, 2.75) is 38.7 Å². The van der Waals surface area contributed by atoms with Crippen LogP contribution in [-0.4, -0.2) is 34.8 Å². The molecule has 4 atom stereocenters. The van der Waals surface area contributed by atoms with Crippen molar-refractivity contribution in [3.05, 3.63) is 96.1 Å². The summed E-state index contributed by atoms with van der Waals surface area (Å²) in [7, 11) is -3.79. The highest BCUT2D eigenvalue weighted by atomic mass is 31.2. The third-order valence-electron chi connectivity index (χ3n) is 5.97. The molecule has 7 nitrogen and oxygen atoms in total. The van der Waals surface area contributed by atoms with E-state index in [9.17, 15) is 19.0 Å². The zero-order valence-corrected chi connectivity index (χ0v) is 21.4. The smallest absolute Gasteiger partial charge is 0.328 e. The molecule has 0 aromatic heterocycles. The highest BCUT2D eigenvalue weighted by Crippen LogP contribution is 2.46. The Hall–Kier alpha value is -3.25. The van der Waals surface area contributed by atoms with Gasteiger partial charge in [0.2, 0.25) is 13.3 Å². The van der Waals surface area contributed by atoms with Crippen molar-refractivity contribution in [2.24, 2.45) is 11.7 Å². The lowest BCUT2D eigenvalue weighted by molar-refractivity contribution is -0.148. The van der Waals surface area contributed by atoms with Crippen LogP contribution in [-0.2, 0) is 31.9 Å². The van der Waals surface area contributed by atoms with E-state index in [0.29, 0.717) is 0 Å². The largest absolute Gasteiger partial charge is 0.459 e. The van der Waals surface area contributed by atoms with E-state index in [-0.39, 0.29) is 19.2 Å². The van der Waals surface area contributed by atoms with Crippen molar-refractivity contribution in [1.82, 2.24) is 5.32 Å². The van der Waals surface area contributed by atoms with Crippen molar-refractivity contribution in [3.63, 3.8) is 0 Å². The maximum Gasteiger partial charge on any atom is 0.328 e. The van der Waals surface area contributed by atoms with E-state index >= 15 is 0 Å². The first-order chi connectivity index (χ1) is 17.2. The van der Waals surface area contributed by atoms with Crippen molar-refractivity contribution in [1.29, 1.82) is 0 Å². The SMILES string of the molecule is CC(N)P(=O)(O)CC(Cc1ccc(-c2ccccc2)cc1)C(=O)N[C@@H](C)C(=O)OCc1ccccc1. The molecule has 0 radical (unpaired) electrons. The average Bonchev–Trinajstić information content (AvgIpc) is 2.88. The fourth-order valence-corrected chi connectivity index (χ4v) is 4.97. The number of hydrogen-bond acceptors (Lipinski definition) is 5. The second-order valence-electron chi connectivity index (χ2n) is 8.97. The highest BCUT2D eigenvalue weighted by molar-refractivity contribution is 7.58. The number of benzene rings is 3. The second-order valence-corrected chi connectivity index (χ2v) is 11.7. The summed E-state index contributed by atoms with van der Waals surface area (Å²) < 4.78 is 18.0. The van der Waals surface area contributed by atoms with Crippen LogP contribution in [0.2, 0.25) is 0 Å². The molecule has 3 unspecified atom stereocenters. The number of nitrogens with two attached hydrogens (primary N) is 1. The molecule has 36 heavy (non-hydrogen) atoms. The Morgan fingerprint density at radius 1 is 0.889 bits per heavy atom. The Morgan fingerprint density at radius 3 is 2.03 bits per heavy atom. The van der Waals surface area contributed by atoms with Gasteiger partial charge in [-0.05, 0) is 42.5 Å². The number of esters is 1. The molecule has 0 heterocycles. The minimum atomic E-state index is -3.79. The van der Waals surface area contributed by atoms with Crippen LogP contribution in [0.3, 0.4) is 0 Å². The summed E-state index contributed by atoms with van der Waals surface area (Å²) in [5.41, 5.74) is 9.48. The van der Waals surface area contributed by atoms with Gasteiger partial charge >= 0.3 is 5.97 Å². The van der Waals surface area contributed by atoms with Gasteiger partial charge in [0.05, 0.1) is 11.7 Å². The van der Waals surface area contributed by atoms with E-state index in [1.54, 1.807) is 0 Å². The van der Waals surface area contributed by atoms with Crippen LogP contribution in [0.15, 0.2) is 84.9 Å². The Kier molecular flexibility index (Phi) is 9.59. The molecule has 0 fully saturated rings. The third-order valence-corrected chi connectivity index (χ3v) is 8.21. The van der Waals surface area contributed by atoms with E-state index in [4.69, 9.17) is 10.5 Å². The number of amides is 1. The molecule has 3 aromatic carbocycles. The van der Waals surface area contributed by atoms with Gasteiger partial charge in [0.1, 0.15) is 12.6 Å². The number of nitrogens with one attached hydrogen (secondary N) is 1. The molecule has 0 aliphatic rings. The fourth-order valence-electron chi connectivity index (χ4n) is 3.71. The molecule has 0 aliphatic carbocycles. The van der Waals surface area contributed by atoms with E-state index in [1.807, 2.05) is 84.9 Å². The van der Waals surface area contributed by atoms with Gasteiger partial charge in [-0.3, -0.25) is 9.36 Å². The van der Waals surface area contributed by atoms with Gasteiger partial charge in [0.25, 0.3) is 0 Å². The standard InChI is InChI=1S/C28H33N2O5P/c1-20(28(32)35-18-23-9-5-3-6-10-23)30-27(31)26(19-36(33,34)21(2)29)17-22-13-15-25(16-14-22)24-11-7-4-8-12-24/h3-16,20-21,26H,17-19,29H2,1-2H3,(H,30,31)(H,33,34)/t20-,21?,26?/m0/s1. The maximum absolute atomic E-state index is 13.1. The molecule has 0 aliphatic heterocycles. The number of carbonyl (C=O) groups excluding carboxylic acids is 2. The number of carbonyl (C=O) groups is 2. The first-order valence-corrected chi connectivity index (χ1v) is 13.8. The van der Waals surface area contributed by atoms with Crippen molar-refractivity contribution in [2.75, 3.05) is 6.16 Å².